The summed E-state index contributed by atoms with van der Waals surface area (Å²) < 4.78 is 5.24. The maximum atomic E-state index is 10.7. The summed E-state index contributed by atoms with van der Waals surface area (Å²) in [5.74, 6) is -0.144. The summed E-state index contributed by atoms with van der Waals surface area (Å²) in [6, 6.07) is 0. The highest BCUT2D eigenvalue weighted by molar-refractivity contribution is 5.66. The maximum absolute atomic E-state index is 10.7. The van der Waals surface area contributed by atoms with Gasteiger partial charge in [0.1, 0.15) is 5.60 Å². The van der Waals surface area contributed by atoms with Crippen molar-refractivity contribution in [2.24, 2.45) is 0 Å². The smallest absolute Gasteiger partial charge is 0.303 e. The second kappa shape index (κ2) is 3.24. The number of hydrogen-bond acceptors (Lipinski definition) is 2. The van der Waals surface area contributed by atoms with Gasteiger partial charge in [0.15, 0.2) is 0 Å². The Balaban J connectivity index is 2.43. The highest BCUT2D eigenvalue weighted by Crippen LogP contribution is 2.30. The first kappa shape index (κ1) is 8.57. The van der Waals surface area contributed by atoms with Gasteiger partial charge in [-0.15, -0.1) is 0 Å². The summed E-state index contributed by atoms with van der Waals surface area (Å²) in [5.41, 5.74) is -0.149. The molecule has 0 aromatic heterocycles. The third kappa shape index (κ3) is 2.52. The van der Waals surface area contributed by atoms with Crippen LogP contribution >= 0.6 is 0 Å². The van der Waals surface area contributed by atoms with Crippen LogP contribution in [0, 0.1) is 0 Å². The number of esters is 1. The van der Waals surface area contributed by atoms with Gasteiger partial charge in [-0.2, -0.15) is 0 Å². The van der Waals surface area contributed by atoms with E-state index in [1.807, 2.05) is 6.92 Å². The van der Waals surface area contributed by atoms with Crippen LogP contribution in [-0.4, -0.2) is 11.6 Å². The predicted molar refractivity (Wildman–Crippen MR) is 43.3 cm³/mol. The molecule has 1 aliphatic carbocycles. The normalized spacial score (nSPS) is 22.7. The van der Waals surface area contributed by atoms with Crippen molar-refractivity contribution >= 4 is 5.97 Å². The molecule has 11 heavy (non-hydrogen) atoms. The number of carbonyl (C=O) groups excluding carboxylic acids is 1. The maximum Gasteiger partial charge on any atom is 0.303 e. The number of ether oxygens (including phenoxy) is 1. The molecule has 0 aromatic carbocycles. The minimum Gasteiger partial charge on any atom is -0.460 e. The molecule has 0 saturated heterocycles. The number of carbonyl (C=O) groups is 1. The Bertz CT molecular complexity index is 146. The molecule has 2 heteroatoms. The summed E-state index contributed by atoms with van der Waals surface area (Å²) in [7, 11) is 0. The van der Waals surface area contributed by atoms with E-state index in [9.17, 15) is 4.79 Å². The van der Waals surface area contributed by atoms with Gasteiger partial charge in [-0.3, -0.25) is 4.79 Å². The lowest BCUT2D eigenvalue weighted by molar-refractivity contribution is -0.158. The van der Waals surface area contributed by atoms with Crippen molar-refractivity contribution in [2.75, 3.05) is 0 Å². The third-order valence-corrected chi connectivity index (χ3v) is 2.30. The van der Waals surface area contributed by atoms with Crippen molar-refractivity contribution in [1.29, 1.82) is 0 Å². The minimum atomic E-state index is -0.149. The largest absolute Gasteiger partial charge is 0.460 e. The Morgan fingerprint density at radius 1 is 1.27 bits per heavy atom. The molecule has 0 bridgehead atoms. The minimum absolute atomic E-state index is 0.144. The fourth-order valence-electron chi connectivity index (χ4n) is 1.75. The van der Waals surface area contributed by atoms with E-state index < -0.39 is 0 Å². The highest BCUT2D eigenvalue weighted by atomic mass is 16.6. The van der Waals surface area contributed by atoms with Crippen LogP contribution in [0.2, 0.25) is 0 Å². The Kier molecular flexibility index (Phi) is 2.53. The summed E-state index contributed by atoms with van der Waals surface area (Å²) in [6.07, 6.45) is 5.75. The van der Waals surface area contributed by atoms with Gasteiger partial charge in [-0.1, -0.05) is 6.42 Å². The second-order valence-corrected chi connectivity index (χ2v) is 3.60. The van der Waals surface area contributed by atoms with Crippen LogP contribution in [0.1, 0.15) is 46.0 Å². The predicted octanol–water partition coefficient (Wildman–Crippen LogP) is 2.27. The monoisotopic (exact) mass is 156 g/mol. The molecular formula is C9H16O2. The molecule has 1 rings (SSSR count). The van der Waals surface area contributed by atoms with Crippen molar-refractivity contribution in [3.8, 4) is 0 Å². The molecule has 0 N–H and O–H groups in total. The lowest BCUT2D eigenvalue weighted by Crippen LogP contribution is -2.32. The van der Waals surface area contributed by atoms with Crippen LogP contribution in [0.15, 0.2) is 0 Å². The zero-order valence-corrected chi connectivity index (χ0v) is 7.35. The van der Waals surface area contributed by atoms with Crippen molar-refractivity contribution in [3.63, 3.8) is 0 Å². The summed E-state index contributed by atoms with van der Waals surface area (Å²) >= 11 is 0. The summed E-state index contributed by atoms with van der Waals surface area (Å²) in [6.45, 7) is 3.52. The average molecular weight is 156 g/mol. The Morgan fingerprint density at radius 2 is 1.82 bits per heavy atom. The van der Waals surface area contributed by atoms with E-state index in [-0.39, 0.29) is 11.6 Å². The number of hydrogen-bond donors (Lipinski definition) is 0. The van der Waals surface area contributed by atoms with Gasteiger partial charge in [0.05, 0.1) is 0 Å². The molecule has 0 unspecified atom stereocenters. The average Bonchev–Trinajstić information content (AvgIpc) is 1.85. The molecule has 0 spiro atoms. The van der Waals surface area contributed by atoms with Gasteiger partial charge >= 0.3 is 5.97 Å². The van der Waals surface area contributed by atoms with Gasteiger partial charge in [-0.05, 0) is 32.6 Å². The lowest BCUT2D eigenvalue weighted by Gasteiger charge is -2.32. The molecule has 0 radical (unpaired) electrons. The fraction of sp³-hybridized carbons (Fsp3) is 0.889. The van der Waals surface area contributed by atoms with E-state index in [1.165, 1.54) is 26.2 Å². The van der Waals surface area contributed by atoms with Crippen molar-refractivity contribution in [3.05, 3.63) is 0 Å². The Morgan fingerprint density at radius 3 is 2.27 bits per heavy atom. The Labute approximate surface area is 67.9 Å². The third-order valence-electron chi connectivity index (χ3n) is 2.30. The van der Waals surface area contributed by atoms with Gasteiger partial charge < -0.3 is 4.74 Å². The zero-order valence-electron chi connectivity index (χ0n) is 7.35. The molecule has 0 atom stereocenters. The molecule has 64 valence electrons. The van der Waals surface area contributed by atoms with Gasteiger partial charge in [0.2, 0.25) is 0 Å². The molecule has 2 nitrogen and oxygen atoms in total. The van der Waals surface area contributed by atoms with E-state index in [2.05, 4.69) is 0 Å². The van der Waals surface area contributed by atoms with Gasteiger partial charge in [0, 0.05) is 6.92 Å². The SMILES string of the molecule is CC(=O)OC1(C)CCCCC1. The van der Waals surface area contributed by atoms with Gasteiger partial charge in [0.25, 0.3) is 0 Å². The first-order valence-corrected chi connectivity index (χ1v) is 4.32. The van der Waals surface area contributed by atoms with Crippen LogP contribution in [0.3, 0.4) is 0 Å². The molecular weight excluding hydrogens is 140 g/mol. The van der Waals surface area contributed by atoms with Crippen molar-refractivity contribution in [2.45, 2.75) is 51.6 Å². The molecule has 0 aromatic rings. The molecule has 1 aliphatic rings. The Hall–Kier alpha value is -0.530. The highest BCUT2D eigenvalue weighted by Gasteiger charge is 2.29. The van der Waals surface area contributed by atoms with Crippen LogP contribution < -0.4 is 0 Å². The lowest BCUT2D eigenvalue weighted by atomic mass is 9.86. The standard InChI is InChI=1S/C9H16O2/c1-8(10)11-9(2)6-4-3-5-7-9/h3-7H2,1-2H3. The van der Waals surface area contributed by atoms with E-state index in [4.69, 9.17) is 4.74 Å². The first-order chi connectivity index (χ1) is 5.12. The van der Waals surface area contributed by atoms with Crippen LogP contribution in [0.5, 0.6) is 0 Å². The van der Waals surface area contributed by atoms with E-state index in [0.29, 0.717) is 0 Å². The van der Waals surface area contributed by atoms with Crippen LogP contribution in [0.4, 0.5) is 0 Å². The van der Waals surface area contributed by atoms with E-state index in [0.717, 1.165) is 12.8 Å². The van der Waals surface area contributed by atoms with E-state index in [1.54, 1.807) is 0 Å². The van der Waals surface area contributed by atoms with Crippen molar-refractivity contribution in [1.82, 2.24) is 0 Å². The summed E-state index contributed by atoms with van der Waals surface area (Å²) in [5, 5.41) is 0. The fourth-order valence-corrected chi connectivity index (χ4v) is 1.75. The first-order valence-electron chi connectivity index (χ1n) is 4.32. The molecule has 1 saturated carbocycles. The molecule has 0 aliphatic heterocycles. The quantitative estimate of drug-likeness (QED) is 0.544. The number of rotatable bonds is 1. The zero-order chi connectivity index (χ0) is 8.32. The van der Waals surface area contributed by atoms with Gasteiger partial charge in [-0.25, -0.2) is 0 Å². The van der Waals surface area contributed by atoms with Crippen molar-refractivity contribution < 1.29 is 9.53 Å². The van der Waals surface area contributed by atoms with Crippen LogP contribution in [-0.2, 0) is 9.53 Å². The van der Waals surface area contributed by atoms with Crippen LogP contribution in [0.25, 0.3) is 0 Å². The molecule has 0 heterocycles. The topological polar surface area (TPSA) is 26.3 Å². The molecule has 0 amide bonds. The van der Waals surface area contributed by atoms with E-state index >= 15 is 0 Å². The summed E-state index contributed by atoms with van der Waals surface area (Å²) in [4.78, 5) is 10.7. The second-order valence-electron chi connectivity index (χ2n) is 3.60. The molecule has 1 fully saturated rings.